The van der Waals surface area contributed by atoms with Crippen LogP contribution in [0.2, 0.25) is 0 Å². The minimum atomic E-state index is -2.00. The number of hydrogen-bond donors (Lipinski definition) is 1. The van der Waals surface area contributed by atoms with Crippen LogP contribution in [0.3, 0.4) is 0 Å². The average molecular weight is 153 g/mol. The maximum absolute atomic E-state index is 8.50. The van der Waals surface area contributed by atoms with E-state index in [4.69, 9.17) is 11.4 Å². The Balaban J connectivity index is 0.000000145. The van der Waals surface area contributed by atoms with Gasteiger partial charge in [-0.1, -0.05) is 0 Å². The molecule has 1 saturated heterocycles. The molecule has 0 spiro atoms. The Bertz CT molecular complexity index is 69.0. The fraction of sp³-hybridized carbons (Fsp3) is 1.00. The van der Waals surface area contributed by atoms with Crippen molar-refractivity contribution in [3.05, 3.63) is 0 Å². The Morgan fingerprint density at radius 2 is 2.12 bits per heavy atom. The molecule has 0 aromatic heterocycles. The van der Waals surface area contributed by atoms with Crippen LogP contribution in [0.15, 0.2) is 0 Å². The quantitative estimate of drug-likeness (QED) is 0.468. The predicted molar refractivity (Wildman–Crippen MR) is 20.2 cm³/mol. The van der Waals surface area contributed by atoms with E-state index in [2.05, 4.69) is 5.32 Å². The molecule has 1 heterocycles. The second kappa shape index (κ2) is 7.23. The normalized spacial score (nSPS) is 16.0. The van der Waals surface area contributed by atoms with Crippen LogP contribution in [-0.4, -0.2) is 19.9 Å². The molecule has 5 heteroatoms. The van der Waals surface area contributed by atoms with Crippen molar-refractivity contribution in [2.45, 2.75) is 0 Å². The van der Waals surface area contributed by atoms with Gasteiger partial charge in [-0.25, -0.2) is 0 Å². The molecule has 1 N–H and O–H groups in total. The van der Waals surface area contributed by atoms with Gasteiger partial charge in [-0.2, -0.15) is 0 Å². The van der Waals surface area contributed by atoms with Gasteiger partial charge in [-0.15, -0.1) is 0 Å². The van der Waals surface area contributed by atoms with E-state index in [1.54, 1.807) is 0 Å². The summed E-state index contributed by atoms with van der Waals surface area (Å²) in [4.78, 5) is 0. The molecule has 4 nitrogen and oxygen atoms in total. The molecule has 0 aromatic rings. The second-order valence-electron chi connectivity index (χ2n) is 1.14. The fourth-order valence-corrected chi connectivity index (χ4v) is 0.361. The Kier molecular flexibility index (Phi) is 7.45. The SMILES string of the molecule is C1COCN1.[O]=[Ti]=[O]. The molecule has 1 fully saturated rings. The van der Waals surface area contributed by atoms with Crippen molar-refractivity contribution >= 4 is 0 Å². The van der Waals surface area contributed by atoms with Gasteiger partial charge in [-0.05, 0) is 0 Å². The van der Waals surface area contributed by atoms with Gasteiger partial charge in [0.15, 0.2) is 0 Å². The second-order valence-corrected chi connectivity index (χ2v) is 1.40. The van der Waals surface area contributed by atoms with Crippen LogP contribution in [-0.2, 0) is 30.5 Å². The number of ether oxygens (including phenoxy) is 1. The van der Waals surface area contributed by atoms with Crippen molar-refractivity contribution in [1.82, 2.24) is 5.32 Å². The van der Waals surface area contributed by atoms with E-state index < -0.39 is 19.1 Å². The van der Waals surface area contributed by atoms with Gasteiger partial charge < -0.3 is 4.74 Å². The van der Waals surface area contributed by atoms with Crippen molar-refractivity contribution < 1.29 is 30.5 Å². The van der Waals surface area contributed by atoms with Gasteiger partial charge in [0.25, 0.3) is 0 Å². The number of rotatable bonds is 0. The summed E-state index contributed by atoms with van der Waals surface area (Å²) >= 11 is -2.00. The van der Waals surface area contributed by atoms with Crippen LogP contribution in [0.1, 0.15) is 0 Å². The van der Waals surface area contributed by atoms with Gasteiger partial charge in [0.05, 0.1) is 13.3 Å². The van der Waals surface area contributed by atoms with E-state index in [9.17, 15) is 0 Å². The zero-order chi connectivity index (χ0) is 6.24. The summed E-state index contributed by atoms with van der Waals surface area (Å²) in [5, 5.41) is 3.00. The molecule has 0 bridgehead atoms. The van der Waals surface area contributed by atoms with Gasteiger partial charge in [0.1, 0.15) is 0 Å². The Morgan fingerprint density at radius 3 is 2.25 bits per heavy atom. The van der Waals surface area contributed by atoms with Crippen LogP contribution in [0.4, 0.5) is 0 Å². The number of hydrogen-bond acceptors (Lipinski definition) is 4. The van der Waals surface area contributed by atoms with Gasteiger partial charge in [-0.3, -0.25) is 5.32 Å². The third kappa shape index (κ3) is 6.23. The molecular weight excluding hydrogens is 146 g/mol. The first-order chi connectivity index (χ1) is 3.91. The van der Waals surface area contributed by atoms with Crippen LogP contribution in [0.25, 0.3) is 0 Å². The van der Waals surface area contributed by atoms with E-state index in [1.165, 1.54) is 0 Å². The molecule has 1 aliphatic rings. The zero-order valence-corrected chi connectivity index (χ0v) is 5.91. The van der Waals surface area contributed by atoms with E-state index in [-0.39, 0.29) is 0 Å². The summed E-state index contributed by atoms with van der Waals surface area (Å²) in [7, 11) is 0. The molecule has 1 rings (SSSR count). The zero-order valence-electron chi connectivity index (χ0n) is 4.35. The molecule has 0 aliphatic carbocycles. The van der Waals surface area contributed by atoms with Crippen molar-refractivity contribution in [1.29, 1.82) is 0 Å². The fourth-order valence-electron chi connectivity index (χ4n) is 0.361. The third-order valence-corrected chi connectivity index (χ3v) is 0.627. The molecule has 1 aliphatic heterocycles. The van der Waals surface area contributed by atoms with Crippen molar-refractivity contribution in [3.8, 4) is 0 Å². The van der Waals surface area contributed by atoms with Crippen molar-refractivity contribution in [2.75, 3.05) is 19.9 Å². The first-order valence-electron chi connectivity index (χ1n) is 2.19. The van der Waals surface area contributed by atoms with Crippen LogP contribution in [0, 0.1) is 0 Å². The van der Waals surface area contributed by atoms with E-state index in [1.807, 2.05) is 0 Å². The van der Waals surface area contributed by atoms with Crippen LogP contribution < -0.4 is 5.32 Å². The van der Waals surface area contributed by atoms with E-state index >= 15 is 0 Å². The summed E-state index contributed by atoms with van der Waals surface area (Å²) in [6, 6.07) is 0. The summed E-state index contributed by atoms with van der Waals surface area (Å²) in [5.74, 6) is 0. The van der Waals surface area contributed by atoms with Crippen molar-refractivity contribution in [3.63, 3.8) is 0 Å². The third-order valence-electron chi connectivity index (χ3n) is 0.627. The predicted octanol–water partition coefficient (Wildman–Crippen LogP) is -0.676. The molecule has 0 aromatic carbocycles. The summed E-state index contributed by atoms with van der Waals surface area (Å²) < 4.78 is 21.8. The average Bonchev–Trinajstić information content (AvgIpc) is 2.17. The first-order valence-corrected chi connectivity index (χ1v) is 3.47. The minimum absolute atomic E-state index is 0.750. The molecule has 0 unspecified atom stereocenters. The number of nitrogens with one attached hydrogen (secondary N) is 1. The van der Waals surface area contributed by atoms with Gasteiger partial charge in [0, 0.05) is 6.54 Å². The molecule has 8 heavy (non-hydrogen) atoms. The molecule has 0 saturated carbocycles. The molecule has 0 atom stereocenters. The summed E-state index contributed by atoms with van der Waals surface area (Å²) in [6.07, 6.45) is 0. The molecular formula is C3H7NO3Ti. The maximum atomic E-state index is 8.50. The Hall–Kier alpha value is 0.234. The standard InChI is InChI=1S/C3H7NO.2O.Ti/c1-2-5-3-4-1;;;/h4H,1-3H2;;;. The Morgan fingerprint density at radius 1 is 1.50 bits per heavy atom. The summed E-state index contributed by atoms with van der Waals surface area (Å²) in [5.41, 5.74) is 0. The molecule has 46 valence electrons. The van der Waals surface area contributed by atoms with Gasteiger partial charge >= 0.3 is 25.7 Å². The molecule has 0 radical (unpaired) electrons. The van der Waals surface area contributed by atoms with Crippen molar-refractivity contribution in [2.24, 2.45) is 0 Å². The monoisotopic (exact) mass is 153 g/mol. The van der Waals surface area contributed by atoms with E-state index in [0.717, 1.165) is 19.9 Å². The molecule has 0 amide bonds. The topological polar surface area (TPSA) is 55.4 Å². The van der Waals surface area contributed by atoms with Crippen LogP contribution in [0.5, 0.6) is 0 Å². The van der Waals surface area contributed by atoms with Gasteiger partial charge in [0.2, 0.25) is 0 Å². The van der Waals surface area contributed by atoms with E-state index in [0.29, 0.717) is 0 Å². The summed E-state index contributed by atoms with van der Waals surface area (Å²) in [6.45, 7) is 2.67. The Labute approximate surface area is 56.2 Å². The van der Waals surface area contributed by atoms with Crippen LogP contribution >= 0.6 is 0 Å². The first kappa shape index (κ1) is 8.23.